The van der Waals surface area contributed by atoms with Gasteiger partial charge in [-0.05, 0) is 48.4 Å². The summed E-state index contributed by atoms with van der Waals surface area (Å²) < 4.78 is 33.5. The SMILES string of the molecule is CC[C@@H](C)[C@@H](CO)NC(=O)c1ccc2nc(NS(=O)(=O)c3ccc(OC)cc3)sc2c1. The van der Waals surface area contributed by atoms with Gasteiger partial charge in [0, 0.05) is 5.56 Å². The Morgan fingerprint density at radius 1 is 1.23 bits per heavy atom. The standard InChI is InChI=1S/C21H25N3O5S2/c1-4-13(2)18(12-25)22-20(26)14-5-10-17-19(11-14)30-21(23-17)24-31(27,28)16-8-6-15(29-3)7-9-16/h5-11,13,18,25H,4,12H2,1-3H3,(H,22,26)(H,23,24)/t13-,18-/m1/s1. The Labute approximate surface area is 185 Å². The Bertz CT molecular complexity index is 1160. The van der Waals surface area contributed by atoms with E-state index in [1.807, 2.05) is 13.8 Å². The molecule has 0 aliphatic heterocycles. The van der Waals surface area contributed by atoms with Gasteiger partial charge in [-0.25, -0.2) is 13.4 Å². The molecule has 1 amide bonds. The molecule has 0 saturated carbocycles. The van der Waals surface area contributed by atoms with Gasteiger partial charge in [0.2, 0.25) is 0 Å². The van der Waals surface area contributed by atoms with Gasteiger partial charge in [0.25, 0.3) is 15.9 Å². The second-order valence-electron chi connectivity index (χ2n) is 7.13. The van der Waals surface area contributed by atoms with Crippen LogP contribution in [0, 0.1) is 5.92 Å². The summed E-state index contributed by atoms with van der Waals surface area (Å²) in [5.74, 6) is 0.400. The molecule has 3 aromatic rings. The zero-order valence-corrected chi connectivity index (χ0v) is 19.1. The fourth-order valence-electron chi connectivity index (χ4n) is 2.94. The van der Waals surface area contributed by atoms with Gasteiger partial charge in [-0.2, -0.15) is 0 Å². The lowest BCUT2D eigenvalue weighted by molar-refractivity contribution is 0.0891. The van der Waals surface area contributed by atoms with Crippen molar-refractivity contribution in [1.29, 1.82) is 0 Å². The first-order valence-electron chi connectivity index (χ1n) is 9.76. The fraction of sp³-hybridized carbons (Fsp3) is 0.333. The van der Waals surface area contributed by atoms with E-state index in [4.69, 9.17) is 4.74 Å². The van der Waals surface area contributed by atoms with Crippen molar-refractivity contribution in [3.63, 3.8) is 0 Å². The number of sulfonamides is 1. The second-order valence-corrected chi connectivity index (χ2v) is 9.84. The van der Waals surface area contributed by atoms with Crippen molar-refractivity contribution in [3.05, 3.63) is 48.0 Å². The molecule has 1 heterocycles. The van der Waals surface area contributed by atoms with E-state index in [-0.39, 0.29) is 34.5 Å². The third kappa shape index (κ3) is 5.33. The molecule has 0 fully saturated rings. The van der Waals surface area contributed by atoms with Crippen LogP contribution in [0.15, 0.2) is 47.4 Å². The normalized spacial score (nSPS) is 13.5. The van der Waals surface area contributed by atoms with Crippen LogP contribution in [0.5, 0.6) is 5.75 Å². The lowest BCUT2D eigenvalue weighted by atomic mass is 9.99. The molecule has 0 radical (unpaired) electrons. The molecule has 31 heavy (non-hydrogen) atoms. The summed E-state index contributed by atoms with van der Waals surface area (Å²) in [5, 5.41) is 12.6. The highest BCUT2D eigenvalue weighted by Crippen LogP contribution is 2.29. The number of nitrogens with zero attached hydrogens (tertiary/aromatic N) is 1. The van der Waals surface area contributed by atoms with Gasteiger partial charge in [0.1, 0.15) is 5.75 Å². The molecule has 0 unspecified atom stereocenters. The molecule has 166 valence electrons. The quantitative estimate of drug-likeness (QED) is 0.448. The maximum Gasteiger partial charge on any atom is 0.263 e. The van der Waals surface area contributed by atoms with E-state index in [9.17, 15) is 18.3 Å². The number of anilines is 1. The van der Waals surface area contributed by atoms with Crippen molar-refractivity contribution in [2.75, 3.05) is 18.4 Å². The maximum atomic E-state index is 12.6. The molecule has 2 aromatic carbocycles. The van der Waals surface area contributed by atoms with Gasteiger partial charge in [-0.1, -0.05) is 31.6 Å². The van der Waals surface area contributed by atoms with Crippen LogP contribution in [-0.4, -0.2) is 44.2 Å². The van der Waals surface area contributed by atoms with Gasteiger partial charge < -0.3 is 15.2 Å². The Morgan fingerprint density at radius 2 is 1.94 bits per heavy atom. The average Bonchev–Trinajstić information content (AvgIpc) is 3.17. The van der Waals surface area contributed by atoms with Gasteiger partial charge in [-0.3, -0.25) is 9.52 Å². The predicted octanol–water partition coefficient (Wildman–Crippen LogP) is 3.24. The van der Waals surface area contributed by atoms with Crippen molar-refractivity contribution in [3.8, 4) is 5.75 Å². The number of carbonyl (C=O) groups is 1. The largest absolute Gasteiger partial charge is 0.497 e. The number of hydrogen-bond donors (Lipinski definition) is 3. The Balaban J connectivity index is 1.79. The summed E-state index contributed by atoms with van der Waals surface area (Å²) in [5.41, 5.74) is 0.997. The Kier molecular flexibility index (Phi) is 7.14. The molecule has 10 heteroatoms. The van der Waals surface area contributed by atoms with Crippen LogP contribution in [0.3, 0.4) is 0 Å². The number of fused-ring (bicyclic) bond motifs is 1. The minimum absolute atomic E-state index is 0.0905. The fourth-order valence-corrected chi connectivity index (χ4v) is 5.08. The first-order chi connectivity index (χ1) is 14.8. The summed E-state index contributed by atoms with van der Waals surface area (Å²) in [6, 6.07) is 10.7. The Hall–Kier alpha value is -2.69. The molecule has 3 rings (SSSR count). The predicted molar refractivity (Wildman–Crippen MR) is 121 cm³/mol. The van der Waals surface area contributed by atoms with Gasteiger partial charge in [-0.15, -0.1) is 0 Å². The molecule has 0 aliphatic rings. The number of aromatic nitrogens is 1. The molecule has 2 atom stereocenters. The van der Waals surface area contributed by atoms with E-state index in [0.717, 1.165) is 17.8 Å². The first kappa shape index (κ1) is 23.0. The number of rotatable bonds is 9. The summed E-state index contributed by atoms with van der Waals surface area (Å²) in [4.78, 5) is 17.0. The smallest absolute Gasteiger partial charge is 0.263 e. The third-order valence-electron chi connectivity index (χ3n) is 5.09. The van der Waals surface area contributed by atoms with Gasteiger partial charge in [0.05, 0.1) is 34.9 Å². The molecule has 1 aromatic heterocycles. The number of methoxy groups -OCH3 is 1. The van der Waals surface area contributed by atoms with E-state index >= 15 is 0 Å². The van der Waals surface area contributed by atoms with E-state index in [1.165, 1.54) is 19.2 Å². The molecule has 0 aliphatic carbocycles. The number of aliphatic hydroxyl groups is 1. The van der Waals surface area contributed by atoms with Crippen LogP contribution >= 0.6 is 11.3 Å². The minimum Gasteiger partial charge on any atom is -0.497 e. The summed E-state index contributed by atoms with van der Waals surface area (Å²) in [6.45, 7) is 3.83. The second kappa shape index (κ2) is 9.63. The zero-order chi connectivity index (χ0) is 22.6. The number of aliphatic hydroxyl groups excluding tert-OH is 1. The molecule has 0 saturated heterocycles. The molecule has 3 N–H and O–H groups in total. The van der Waals surface area contributed by atoms with Crippen LogP contribution in [0.1, 0.15) is 30.6 Å². The summed E-state index contributed by atoms with van der Waals surface area (Å²) in [7, 11) is -2.30. The zero-order valence-electron chi connectivity index (χ0n) is 17.5. The molecule has 0 spiro atoms. The van der Waals surface area contributed by atoms with Crippen molar-refractivity contribution in [2.45, 2.75) is 31.2 Å². The van der Waals surface area contributed by atoms with Crippen molar-refractivity contribution in [1.82, 2.24) is 10.3 Å². The number of thiazole rings is 1. The highest BCUT2D eigenvalue weighted by atomic mass is 32.2. The number of ether oxygens (including phenoxy) is 1. The lowest BCUT2D eigenvalue weighted by Crippen LogP contribution is -2.41. The van der Waals surface area contributed by atoms with Gasteiger partial charge >= 0.3 is 0 Å². The number of amides is 1. The van der Waals surface area contributed by atoms with Crippen molar-refractivity contribution < 1.29 is 23.1 Å². The third-order valence-corrected chi connectivity index (χ3v) is 7.50. The molecule has 8 nitrogen and oxygen atoms in total. The van der Waals surface area contributed by atoms with Crippen molar-refractivity contribution in [2.24, 2.45) is 5.92 Å². The van der Waals surface area contributed by atoms with Crippen LogP contribution in [0.2, 0.25) is 0 Å². The Morgan fingerprint density at radius 3 is 2.55 bits per heavy atom. The highest BCUT2D eigenvalue weighted by molar-refractivity contribution is 7.93. The first-order valence-corrected chi connectivity index (χ1v) is 12.1. The minimum atomic E-state index is -3.81. The molecular formula is C21H25N3O5S2. The van der Waals surface area contributed by atoms with Crippen LogP contribution in [0.4, 0.5) is 5.13 Å². The lowest BCUT2D eigenvalue weighted by Gasteiger charge is -2.22. The highest BCUT2D eigenvalue weighted by Gasteiger charge is 2.20. The average molecular weight is 464 g/mol. The molecule has 0 bridgehead atoms. The van der Waals surface area contributed by atoms with Crippen LogP contribution in [-0.2, 0) is 10.0 Å². The molecular weight excluding hydrogens is 438 g/mol. The monoisotopic (exact) mass is 463 g/mol. The number of benzene rings is 2. The van der Waals surface area contributed by atoms with Crippen LogP contribution in [0.25, 0.3) is 10.2 Å². The number of hydrogen-bond acceptors (Lipinski definition) is 7. The van der Waals surface area contributed by atoms with E-state index in [1.54, 1.807) is 30.3 Å². The van der Waals surface area contributed by atoms with E-state index in [0.29, 0.717) is 21.5 Å². The summed E-state index contributed by atoms with van der Waals surface area (Å²) >= 11 is 1.14. The number of carbonyl (C=O) groups excluding carboxylic acids is 1. The number of nitrogens with one attached hydrogen (secondary N) is 2. The maximum absolute atomic E-state index is 12.6. The topological polar surface area (TPSA) is 118 Å². The van der Waals surface area contributed by atoms with Crippen LogP contribution < -0.4 is 14.8 Å². The van der Waals surface area contributed by atoms with E-state index < -0.39 is 10.0 Å². The summed E-state index contributed by atoms with van der Waals surface area (Å²) in [6.07, 6.45) is 0.830. The van der Waals surface area contributed by atoms with E-state index in [2.05, 4.69) is 15.0 Å². The van der Waals surface area contributed by atoms with Crippen molar-refractivity contribution >= 4 is 42.6 Å². The van der Waals surface area contributed by atoms with Gasteiger partial charge in [0.15, 0.2) is 5.13 Å².